The summed E-state index contributed by atoms with van der Waals surface area (Å²) in [6.07, 6.45) is 2.28. The largest absolute Gasteiger partial charge is 0.508 e. The second kappa shape index (κ2) is 27.4. The van der Waals surface area contributed by atoms with Gasteiger partial charge in [0.15, 0.2) is 0 Å². The number of phenolic OH excluding ortho intramolecular Hbond substituents is 1. The minimum absolute atomic E-state index is 0.0158. The highest BCUT2D eigenvalue weighted by Gasteiger charge is 2.42. The van der Waals surface area contributed by atoms with Crippen LogP contribution in [0.15, 0.2) is 54.6 Å². The van der Waals surface area contributed by atoms with E-state index in [-0.39, 0.29) is 63.3 Å². The van der Waals surface area contributed by atoms with Crippen molar-refractivity contribution in [1.82, 2.24) is 41.7 Å². The van der Waals surface area contributed by atoms with Crippen LogP contribution in [0.3, 0.4) is 0 Å². The predicted octanol–water partition coefficient (Wildman–Crippen LogP) is -0.300. The molecule has 0 unspecified atom stereocenters. The minimum atomic E-state index is -1.50. The molecule has 2 aromatic carbocycles. The van der Waals surface area contributed by atoms with Crippen molar-refractivity contribution < 1.29 is 58.5 Å². The topological polar surface area (TPSA) is 319 Å². The van der Waals surface area contributed by atoms with Crippen molar-refractivity contribution in [2.75, 3.05) is 25.1 Å². The number of nitrogens with two attached hydrogens (primary N) is 1. The highest BCUT2D eigenvalue weighted by molar-refractivity contribution is 7.98. The van der Waals surface area contributed by atoms with Crippen molar-refractivity contribution in [1.29, 1.82) is 0 Å². The molecule has 0 radical (unpaired) electrons. The highest BCUT2D eigenvalue weighted by atomic mass is 32.2. The Hall–Kier alpha value is -6.26. The summed E-state index contributed by atoms with van der Waals surface area (Å²) in [5, 5.41) is 45.5. The monoisotopic (exact) mass is 1010 g/mol. The Morgan fingerprint density at radius 2 is 1.18 bits per heavy atom. The zero-order chi connectivity index (χ0) is 52.5. The van der Waals surface area contributed by atoms with Gasteiger partial charge in [-0.25, -0.2) is 4.79 Å². The quantitative estimate of drug-likeness (QED) is 0.0611. The molecule has 10 atom stereocenters. The maximum absolute atomic E-state index is 14.3. The van der Waals surface area contributed by atoms with Gasteiger partial charge < -0.3 is 62.8 Å². The number of hydrogen-bond donors (Lipinski definition) is 10. The number of amides is 8. The number of carboxylic acids is 1. The lowest BCUT2D eigenvalue weighted by Gasteiger charge is -2.31. The molecule has 22 heteroatoms. The van der Waals surface area contributed by atoms with Gasteiger partial charge in [-0.05, 0) is 107 Å². The molecule has 2 aliphatic rings. The van der Waals surface area contributed by atoms with E-state index in [1.54, 1.807) is 42.5 Å². The molecule has 71 heavy (non-hydrogen) atoms. The second-order valence-corrected chi connectivity index (χ2v) is 19.7. The lowest BCUT2D eigenvalue weighted by Crippen LogP contribution is -2.60. The zero-order valence-electron chi connectivity index (χ0n) is 41.2. The average Bonchev–Trinajstić information content (AvgIpc) is 4.03. The van der Waals surface area contributed by atoms with Gasteiger partial charge >= 0.3 is 5.97 Å². The number of likely N-dealkylation sites (tertiary alicyclic amines) is 2. The number of rotatable bonds is 25. The van der Waals surface area contributed by atoms with Crippen LogP contribution >= 0.6 is 11.8 Å². The van der Waals surface area contributed by atoms with Crippen LogP contribution in [0.1, 0.15) is 84.3 Å². The van der Waals surface area contributed by atoms with Gasteiger partial charge in [0.1, 0.15) is 54.1 Å². The molecule has 21 nitrogen and oxygen atoms in total. The van der Waals surface area contributed by atoms with E-state index in [1.807, 2.05) is 20.1 Å². The fourth-order valence-corrected chi connectivity index (χ4v) is 8.94. The van der Waals surface area contributed by atoms with E-state index in [2.05, 4.69) is 31.9 Å². The molecule has 8 amide bonds. The van der Waals surface area contributed by atoms with E-state index in [0.29, 0.717) is 29.7 Å². The molecule has 2 heterocycles. The molecule has 0 bridgehead atoms. The van der Waals surface area contributed by atoms with Gasteiger partial charge in [-0.3, -0.25) is 38.4 Å². The number of aliphatic hydroxyl groups is 1. The molecule has 11 N–H and O–H groups in total. The van der Waals surface area contributed by atoms with E-state index in [4.69, 9.17) is 5.73 Å². The Balaban J connectivity index is 1.43. The van der Waals surface area contributed by atoms with Gasteiger partial charge in [0, 0.05) is 19.5 Å². The molecule has 2 fully saturated rings. The maximum atomic E-state index is 14.3. The van der Waals surface area contributed by atoms with Crippen molar-refractivity contribution in [3.63, 3.8) is 0 Å². The Morgan fingerprint density at radius 3 is 1.75 bits per heavy atom. The Labute approximate surface area is 418 Å². The van der Waals surface area contributed by atoms with Crippen LogP contribution < -0.4 is 37.6 Å². The number of nitrogens with one attached hydrogen (secondary N) is 6. The summed E-state index contributed by atoms with van der Waals surface area (Å²) in [6, 6.07) is 4.46. The lowest BCUT2D eigenvalue weighted by atomic mass is 10.0. The first kappa shape index (κ1) is 57.3. The Bertz CT molecular complexity index is 2180. The summed E-state index contributed by atoms with van der Waals surface area (Å²) in [6.45, 7) is 8.09. The smallest absolute Gasteiger partial charge is 0.326 e. The first-order valence-electron chi connectivity index (χ1n) is 24.0. The summed E-state index contributed by atoms with van der Waals surface area (Å²) >= 11 is 1.44. The van der Waals surface area contributed by atoms with Crippen LogP contribution in [-0.4, -0.2) is 164 Å². The van der Waals surface area contributed by atoms with Crippen molar-refractivity contribution in [2.45, 2.75) is 146 Å². The number of aliphatic carboxylic acids is 1. The van der Waals surface area contributed by atoms with E-state index in [9.17, 15) is 58.5 Å². The SMILES string of the molecule is CSCC[C@H](NC(=O)[C@H](C)NC(=O)[C@H](CC(C)C)NC(=O)[C@@H](N)Cc1ccc(O)cc1)C(=O)N1CCC[C@H]1C(=O)N[C@@H](Cc1ccccc1)C(=O)N[C@@H](C)C(=O)N[C@H](C(=O)N1CCC[C@H]1C(=O)O)[C@@H](C)O. The number of carbonyl (C=O) groups excluding carboxylic acids is 8. The van der Waals surface area contributed by atoms with E-state index in [1.165, 1.54) is 49.6 Å². The van der Waals surface area contributed by atoms with Crippen LogP contribution in [0.2, 0.25) is 0 Å². The average molecular weight is 1010 g/mol. The number of aliphatic hydroxyl groups excluding tert-OH is 1. The van der Waals surface area contributed by atoms with Crippen LogP contribution in [0.5, 0.6) is 5.75 Å². The Morgan fingerprint density at radius 1 is 0.648 bits per heavy atom. The van der Waals surface area contributed by atoms with E-state index >= 15 is 0 Å². The number of carboxylic acid groups (broad SMARTS) is 1. The first-order chi connectivity index (χ1) is 33.6. The molecule has 0 aromatic heterocycles. The summed E-state index contributed by atoms with van der Waals surface area (Å²) in [7, 11) is 0. The van der Waals surface area contributed by atoms with Crippen molar-refractivity contribution in [3.8, 4) is 5.75 Å². The maximum Gasteiger partial charge on any atom is 0.326 e. The highest BCUT2D eigenvalue weighted by Crippen LogP contribution is 2.22. The minimum Gasteiger partial charge on any atom is -0.508 e. The van der Waals surface area contributed by atoms with Crippen LogP contribution in [-0.2, 0) is 56.0 Å². The van der Waals surface area contributed by atoms with Crippen molar-refractivity contribution >= 4 is 65.0 Å². The number of benzene rings is 2. The van der Waals surface area contributed by atoms with E-state index in [0.717, 1.165) is 4.90 Å². The Kier molecular flexibility index (Phi) is 22.1. The molecule has 0 saturated carbocycles. The number of nitrogens with zero attached hydrogens (tertiary/aromatic N) is 2. The van der Waals surface area contributed by atoms with Crippen LogP contribution in [0, 0.1) is 5.92 Å². The van der Waals surface area contributed by atoms with Gasteiger partial charge in [0.2, 0.25) is 47.3 Å². The number of hydrogen-bond acceptors (Lipinski definition) is 13. The summed E-state index contributed by atoms with van der Waals surface area (Å²) in [5.74, 6) is -6.22. The third-order valence-corrected chi connectivity index (χ3v) is 13.1. The molecule has 390 valence electrons. The first-order valence-corrected chi connectivity index (χ1v) is 25.4. The molecule has 0 spiro atoms. The molecular weight excluding hydrogens is 939 g/mol. The zero-order valence-corrected chi connectivity index (χ0v) is 42.0. The van der Waals surface area contributed by atoms with Crippen molar-refractivity contribution in [3.05, 3.63) is 65.7 Å². The summed E-state index contributed by atoms with van der Waals surface area (Å²) in [4.78, 5) is 124. The predicted molar refractivity (Wildman–Crippen MR) is 264 cm³/mol. The molecule has 0 aliphatic carbocycles. The van der Waals surface area contributed by atoms with Crippen molar-refractivity contribution in [2.24, 2.45) is 11.7 Å². The van der Waals surface area contributed by atoms with Gasteiger partial charge in [0.25, 0.3) is 0 Å². The fraction of sp³-hybridized carbons (Fsp3) is 0.571. The van der Waals surface area contributed by atoms with Gasteiger partial charge in [-0.1, -0.05) is 56.3 Å². The normalized spacial score (nSPS) is 18.9. The molecule has 4 rings (SSSR count). The molecular formula is C49H71N9O12S. The standard InChI is InChI=1S/C49H71N9O12S/c1-27(2)24-36(54-43(63)34(50)25-32-16-18-33(60)19-17-32)44(64)51-28(3)41(61)53-35(20-23-71-6)47(67)57-21-10-14-38(57)46(66)55-37(26-31-12-8-7-9-13-31)45(65)52-29(4)42(62)56-40(30(5)59)48(68)58-22-11-15-39(58)49(69)70/h7-9,12-13,16-19,27-30,34-40,59-60H,10-11,14-15,20-26,50H2,1-6H3,(H,51,64)(H,52,65)(H,53,61)(H,54,63)(H,55,66)(H,56,62)(H,69,70)/t28-,29-,30+,34-,35-,36-,37-,38-,39-,40-/m0/s1. The van der Waals surface area contributed by atoms with E-state index < -0.39 is 114 Å². The second-order valence-electron chi connectivity index (χ2n) is 18.7. The van der Waals surface area contributed by atoms with Crippen LogP contribution in [0.25, 0.3) is 0 Å². The third kappa shape index (κ3) is 16.9. The number of phenols is 1. The lowest BCUT2D eigenvalue weighted by molar-refractivity contribution is -0.150. The molecule has 2 saturated heterocycles. The fourth-order valence-electron chi connectivity index (χ4n) is 8.47. The molecule has 2 aliphatic heterocycles. The van der Waals surface area contributed by atoms with Gasteiger partial charge in [-0.2, -0.15) is 11.8 Å². The van der Waals surface area contributed by atoms with Gasteiger partial charge in [0.05, 0.1) is 12.1 Å². The number of carbonyl (C=O) groups is 9. The summed E-state index contributed by atoms with van der Waals surface area (Å²) in [5.41, 5.74) is 7.54. The number of aromatic hydroxyl groups is 1. The van der Waals surface area contributed by atoms with Crippen LogP contribution in [0.4, 0.5) is 0 Å². The van der Waals surface area contributed by atoms with Gasteiger partial charge in [-0.15, -0.1) is 0 Å². The summed E-state index contributed by atoms with van der Waals surface area (Å²) < 4.78 is 0. The molecule has 2 aromatic rings. The number of thioether (sulfide) groups is 1. The third-order valence-electron chi connectivity index (χ3n) is 12.4.